The monoisotopic (exact) mass is 324 g/mol. The first kappa shape index (κ1) is 15.4. The van der Waals surface area contributed by atoms with Crippen molar-refractivity contribution in [1.29, 1.82) is 0 Å². The van der Waals surface area contributed by atoms with Crippen molar-refractivity contribution in [3.63, 3.8) is 0 Å². The first-order valence-electron chi connectivity index (χ1n) is 8.92. The summed E-state index contributed by atoms with van der Waals surface area (Å²) < 4.78 is 0. The van der Waals surface area contributed by atoms with Gasteiger partial charge in [-0.15, -0.1) is 0 Å². The van der Waals surface area contributed by atoms with E-state index < -0.39 is 0 Å². The van der Waals surface area contributed by atoms with Crippen LogP contribution in [0, 0.1) is 5.92 Å². The van der Waals surface area contributed by atoms with Crippen LogP contribution in [0.1, 0.15) is 37.4 Å². The Bertz CT molecular complexity index is 710. The lowest BCUT2D eigenvalue weighted by Gasteiger charge is -2.27. The van der Waals surface area contributed by atoms with Crippen molar-refractivity contribution < 1.29 is 4.79 Å². The lowest BCUT2D eigenvalue weighted by molar-refractivity contribution is -0.122. The molecule has 0 unspecified atom stereocenters. The van der Waals surface area contributed by atoms with E-state index in [4.69, 9.17) is 4.98 Å². The maximum Gasteiger partial charge on any atom is 0.241 e. The van der Waals surface area contributed by atoms with Gasteiger partial charge in [0.15, 0.2) is 0 Å². The number of amides is 1. The van der Waals surface area contributed by atoms with Crippen LogP contribution >= 0.6 is 0 Å². The molecule has 1 amide bonds. The lowest BCUT2D eigenvalue weighted by Crippen LogP contribution is -2.42. The van der Waals surface area contributed by atoms with Crippen molar-refractivity contribution in [1.82, 2.24) is 20.6 Å². The summed E-state index contributed by atoms with van der Waals surface area (Å²) in [6.45, 7) is 1.58. The molecule has 5 heteroatoms. The first-order chi connectivity index (χ1) is 11.8. The van der Waals surface area contributed by atoms with Crippen molar-refractivity contribution in [3.8, 4) is 0 Å². The predicted molar refractivity (Wildman–Crippen MR) is 94.7 cm³/mol. The number of rotatable bonds is 4. The van der Waals surface area contributed by atoms with E-state index >= 15 is 0 Å². The van der Waals surface area contributed by atoms with Gasteiger partial charge < -0.3 is 10.3 Å². The van der Waals surface area contributed by atoms with Gasteiger partial charge in [-0.05, 0) is 43.7 Å². The maximum absolute atomic E-state index is 12.0. The molecule has 5 nitrogen and oxygen atoms in total. The molecule has 1 aliphatic carbocycles. The molecule has 1 fully saturated rings. The minimum atomic E-state index is -0.142. The second-order valence-corrected chi connectivity index (χ2v) is 6.92. The van der Waals surface area contributed by atoms with Gasteiger partial charge in [-0.2, -0.15) is 0 Å². The molecule has 0 saturated heterocycles. The molecule has 0 radical (unpaired) electrons. The number of carbonyl (C=O) groups is 1. The molecule has 24 heavy (non-hydrogen) atoms. The fraction of sp³-hybridized carbons (Fsp3) is 0.474. The summed E-state index contributed by atoms with van der Waals surface area (Å²) in [7, 11) is 0. The average molecular weight is 324 g/mol. The van der Waals surface area contributed by atoms with E-state index in [-0.39, 0.29) is 11.9 Å². The maximum atomic E-state index is 12.0. The fourth-order valence-corrected chi connectivity index (χ4v) is 3.81. The van der Waals surface area contributed by atoms with Crippen molar-refractivity contribution in [3.05, 3.63) is 42.2 Å². The van der Waals surface area contributed by atoms with E-state index in [1.165, 1.54) is 0 Å². The van der Waals surface area contributed by atoms with Crippen LogP contribution in [0.3, 0.4) is 0 Å². The number of aromatic amines is 1. The van der Waals surface area contributed by atoms with Gasteiger partial charge in [0.25, 0.3) is 0 Å². The average Bonchev–Trinajstić information content (AvgIpc) is 3.29. The Morgan fingerprint density at radius 3 is 2.79 bits per heavy atom. The Morgan fingerprint density at radius 2 is 2.04 bits per heavy atom. The second kappa shape index (κ2) is 6.77. The van der Waals surface area contributed by atoms with Crippen LogP contribution in [0.5, 0.6) is 0 Å². The van der Waals surface area contributed by atoms with Crippen LogP contribution in [0.2, 0.25) is 0 Å². The number of imidazole rings is 1. The summed E-state index contributed by atoms with van der Waals surface area (Å²) in [6, 6.07) is 8.07. The number of carbonyl (C=O) groups excluding carboxylic acids is 1. The molecule has 1 aromatic heterocycles. The molecule has 2 aliphatic rings. The van der Waals surface area contributed by atoms with E-state index in [9.17, 15) is 4.79 Å². The highest BCUT2D eigenvalue weighted by Gasteiger charge is 2.25. The van der Waals surface area contributed by atoms with Crippen molar-refractivity contribution in [2.75, 3.05) is 13.1 Å². The third kappa shape index (κ3) is 3.22. The zero-order valence-corrected chi connectivity index (χ0v) is 13.8. The molecular weight excluding hydrogens is 300 g/mol. The largest absolute Gasteiger partial charge is 0.354 e. The molecule has 1 saturated carbocycles. The molecule has 4 rings (SSSR count). The number of H-pyrrole nitrogens is 1. The smallest absolute Gasteiger partial charge is 0.241 e. The number of hydrogen-bond donors (Lipinski definition) is 3. The normalized spacial score (nSPS) is 26.8. The summed E-state index contributed by atoms with van der Waals surface area (Å²) in [5, 5.41) is 6.24. The number of nitrogens with zero attached hydrogens (tertiary/aromatic N) is 1. The standard InChI is InChI=1S/C19H24N4O/c24-19(17-6-3-11-20-17)21-12-13-7-9-14(10-8-13)18-22-15-4-1-2-5-16(15)23-18/h1-6,13-14,17,20H,7-12H2,(H,21,24)(H,22,23)/t13?,14?,17-/m0/s1. The summed E-state index contributed by atoms with van der Waals surface area (Å²) in [4.78, 5) is 20.3. The van der Waals surface area contributed by atoms with E-state index in [1.807, 2.05) is 24.3 Å². The summed E-state index contributed by atoms with van der Waals surface area (Å²) >= 11 is 0. The third-order valence-corrected chi connectivity index (χ3v) is 5.27. The second-order valence-electron chi connectivity index (χ2n) is 6.92. The number of nitrogens with one attached hydrogen (secondary N) is 3. The highest BCUT2D eigenvalue weighted by molar-refractivity contribution is 5.84. The number of aromatic nitrogens is 2. The number of hydrogen-bond acceptors (Lipinski definition) is 3. The van der Waals surface area contributed by atoms with Crippen LogP contribution < -0.4 is 10.6 Å². The van der Waals surface area contributed by atoms with Crippen molar-refractivity contribution >= 4 is 16.9 Å². The highest BCUT2D eigenvalue weighted by atomic mass is 16.2. The van der Waals surface area contributed by atoms with Crippen LogP contribution in [0.15, 0.2) is 36.4 Å². The van der Waals surface area contributed by atoms with E-state index in [0.717, 1.165) is 55.6 Å². The number of fused-ring (bicyclic) bond motifs is 1. The summed E-state index contributed by atoms with van der Waals surface area (Å²) in [5.74, 6) is 2.32. The SMILES string of the molecule is O=C(NCC1CCC(c2nc3ccccc3[nH]2)CC1)[C@@H]1C=CCN1. The first-order valence-corrected chi connectivity index (χ1v) is 8.92. The minimum Gasteiger partial charge on any atom is -0.354 e. The van der Waals surface area contributed by atoms with Gasteiger partial charge in [-0.25, -0.2) is 4.98 Å². The predicted octanol–water partition coefficient (Wildman–Crippen LogP) is 2.48. The van der Waals surface area contributed by atoms with E-state index in [1.54, 1.807) is 0 Å². The van der Waals surface area contributed by atoms with Gasteiger partial charge in [-0.3, -0.25) is 10.1 Å². The zero-order chi connectivity index (χ0) is 16.4. The Kier molecular flexibility index (Phi) is 4.34. The van der Waals surface area contributed by atoms with Gasteiger partial charge >= 0.3 is 0 Å². The Labute approximate surface area is 141 Å². The molecule has 0 spiro atoms. The van der Waals surface area contributed by atoms with Crippen LogP contribution in [-0.4, -0.2) is 35.0 Å². The Morgan fingerprint density at radius 1 is 1.21 bits per heavy atom. The van der Waals surface area contributed by atoms with Crippen LogP contribution in [-0.2, 0) is 4.79 Å². The zero-order valence-electron chi connectivity index (χ0n) is 13.8. The summed E-state index contributed by atoms with van der Waals surface area (Å²) in [6.07, 6.45) is 8.52. The van der Waals surface area contributed by atoms with E-state index in [0.29, 0.717) is 11.8 Å². The molecular formula is C19H24N4O. The molecule has 1 atom stereocenters. The molecule has 2 aromatic rings. The van der Waals surface area contributed by atoms with Crippen LogP contribution in [0.4, 0.5) is 0 Å². The lowest BCUT2D eigenvalue weighted by atomic mass is 9.81. The number of benzene rings is 1. The van der Waals surface area contributed by atoms with Gasteiger partial charge in [0.2, 0.25) is 5.91 Å². The van der Waals surface area contributed by atoms with Gasteiger partial charge in [0.1, 0.15) is 11.9 Å². The third-order valence-electron chi connectivity index (χ3n) is 5.27. The van der Waals surface area contributed by atoms with Gasteiger partial charge in [-0.1, -0.05) is 24.3 Å². The molecule has 3 N–H and O–H groups in total. The van der Waals surface area contributed by atoms with Crippen molar-refractivity contribution in [2.45, 2.75) is 37.6 Å². The molecule has 0 bridgehead atoms. The molecule has 1 aliphatic heterocycles. The Balaban J connectivity index is 1.28. The topological polar surface area (TPSA) is 69.8 Å². The van der Waals surface area contributed by atoms with Crippen molar-refractivity contribution in [2.24, 2.45) is 5.92 Å². The molecule has 126 valence electrons. The fourth-order valence-electron chi connectivity index (χ4n) is 3.81. The minimum absolute atomic E-state index is 0.100. The highest BCUT2D eigenvalue weighted by Crippen LogP contribution is 2.34. The molecule has 1 aromatic carbocycles. The Hall–Kier alpha value is -2.14. The van der Waals surface area contributed by atoms with Crippen LogP contribution in [0.25, 0.3) is 11.0 Å². The molecule has 2 heterocycles. The van der Waals surface area contributed by atoms with Gasteiger partial charge in [0, 0.05) is 19.0 Å². The number of para-hydroxylation sites is 2. The van der Waals surface area contributed by atoms with E-state index in [2.05, 4.69) is 27.8 Å². The van der Waals surface area contributed by atoms with Gasteiger partial charge in [0.05, 0.1) is 11.0 Å². The quantitative estimate of drug-likeness (QED) is 0.757. The summed E-state index contributed by atoms with van der Waals surface area (Å²) in [5.41, 5.74) is 2.18.